The van der Waals surface area contributed by atoms with Crippen molar-refractivity contribution in [3.8, 4) is 11.8 Å². The molecule has 1 unspecified atom stereocenters. The fourth-order valence-corrected chi connectivity index (χ4v) is 2.31. The van der Waals surface area contributed by atoms with Crippen LogP contribution in [0, 0.1) is 18.3 Å². The van der Waals surface area contributed by atoms with Crippen molar-refractivity contribution in [2.75, 3.05) is 12.4 Å². The van der Waals surface area contributed by atoms with Gasteiger partial charge in [0, 0.05) is 5.69 Å². The number of amides is 1. The average molecular weight is 311 g/mol. The number of pyridine rings is 1. The first kappa shape index (κ1) is 16.3. The summed E-state index contributed by atoms with van der Waals surface area (Å²) in [7, 11) is 1.51. The fourth-order valence-electron chi connectivity index (χ4n) is 2.31. The first-order chi connectivity index (χ1) is 11.0. The first-order valence-corrected chi connectivity index (χ1v) is 7.05. The lowest BCUT2D eigenvalue weighted by atomic mass is 10.2. The monoisotopic (exact) mass is 311 g/mol. The largest absolute Gasteiger partial charge is 0.495 e. The maximum atomic E-state index is 12.5. The Morgan fingerprint density at radius 2 is 2.00 bits per heavy atom. The van der Waals surface area contributed by atoms with E-state index in [4.69, 9.17) is 10.00 Å². The van der Waals surface area contributed by atoms with Gasteiger partial charge < -0.3 is 10.1 Å². The first-order valence-electron chi connectivity index (χ1n) is 7.05. The van der Waals surface area contributed by atoms with E-state index in [1.54, 1.807) is 44.2 Å². The van der Waals surface area contributed by atoms with Crippen molar-refractivity contribution < 1.29 is 9.53 Å². The Bertz CT molecular complexity index is 834. The molecule has 6 heteroatoms. The molecular formula is C17H17N3O3. The molecule has 1 aromatic heterocycles. The Kier molecular flexibility index (Phi) is 4.82. The van der Waals surface area contributed by atoms with Crippen molar-refractivity contribution in [3.63, 3.8) is 0 Å². The van der Waals surface area contributed by atoms with E-state index < -0.39 is 11.6 Å². The van der Waals surface area contributed by atoms with Crippen LogP contribution in [0.1, 0.15) is 24.2 Å². The van der Waals surface area contributed by atoms with Gasteiger partial charge in [-0.15, -0.1) is 0 Å². The quantitative estimate of drug-likeness (QED) is 0.938. The summed E-state index contributed by atoms with van der Waals surface area (Å²) in [5.41, 5.74) is 0.661. The Labute approximate surface area is 133 Å². The van der Waals surface area contributed by atoms with Gasteiger partial charge in [0.15, 0.2) is 0 Å². The lowest BCUT2D eigenvalue weighted by Crippen LogP contribution is -2.34. The summed E-state index contributed by atoms with van der Waals surface area (Å²) in [6.07, 6.45) is 0. The number of benzene rings is 1. The SMILES string of the molecule is COc1ccccc1NC(=O)C(C)n1c(C)ccc(C#N)c1=O. The molecule has 23 heavy (non-hydrogen) atoms. The van der Waals surface area contributed by atoms with Crippen LogP contribution in [0.3, 0.4) is 0 Å². The third-order valence-electron chi connectivity index (χ3n) is 3.57. The molecule has 1 amide bonds. The number of nitrogens with one attached hydrogen (secondary N) is 1. The van der Waals surface area contributed by atoms with Crippen LogP contribution in [0.15, 0.2) is 41.2 Å². The number of aryl methyl sites for hydroxylation is 1. The lowest BCUT2D eigenvalue weighted by Gasteiger charge is -2.18. The van der Waals surface area contributed by atoms with Gasteiger partial charge in [0.25, 0.3) is 5.56 Å². The number of carbonyl (C=O) groups excluding carboxylic acids is 1. The number of rotatable bonds is 4. The highest BCUT2D eigenvalue weighted by atomic mass is 16.5. The number of carbonyl (C=O) groups is 1. The number of aromatic nitrogens is 1. The van der Waals surface area contributed by atoms with E-state index in [1.165, 1.54) is 17.7 Å². The van der Waals surface area contributed by atoms with Gasteiger partial charge in [-0.25, -0.2) is 0 Å². The molecule has 0 saturated carbocycles. The van der Waals surface area contributed by atoms with E-state index in [9.17, 15) is 9.59 Å². The van der Waals surface area contributed by atoms with Crippen LogP contribution < -0.4 is 15.6 Å². The molecule has 1 atom stereocenters. The molecule has 0 radical (unpaired) electrons. The number of hydrogen-bond acceptors (Lipinski definition) is 4. The number of ether oxygens (including phenoxy) is 1. The summed E-state index contributed by atoms with van der Waals surface area (Å²) >= 11 is 0. The predicted molar refractivity (Wildman–Crippen MR) is 86.5 cm³/mol. The summed E-state index contributed by atoms with van der Waals surface area (Å²) in [4.78, 5) is 24.8. The van der Waals surface area contributed by atoms with Gasteiger partial charge in [-0.3, -0.25) is 14.2 Å². The van der Waals surface area contributed by atoms with E-state index >= 15 is 0 Å². The number of methoxy groups -OCH3 is 1. The molecule has 1 heterocycles. The molecule has 0 fully saturated rings. The molecule has 0 aliphatic carbocycles. The molecule has 1 aromatic carbocycles. The minimum absolute atomic E-state index is 0.00698. The summed E-state index contributed by atoms with van der Waals surface area (Å²) < 4.78 is 6.50. The second kappa shape index (κ2) is 6.79. The van der Waals surface area contributed by atoms with Crippen LogP contribution in [-0.4, -0.2) is 17.6 Å². The zero-order chi connectivity index (χ0) is 17.0. The Hall–Kier alpha value is -3.07. The van der Waals surface area contributed by atoms with Gasteiger partial charge in [0.2, 0.25) is 5.91 Å². The number of hydrogen-bond donors (Lipinski definition) is 1. The van der Waals surface area contributed by atoms with Crippen molar-refractivity contribution in [2.24, 2.45) is 0 Å². The lowest BCUT2D eigenvalue weighted by molar-refractivity contribution is -0.118. The standard InChI is InChI=1S/C17H17N3O3/c1-11-8-9-13(10-18)17(22)20(11)12(2)16(21)19-14-6-4-5-7-15(14)23-3/h4-9,12H,1-3H3,(H,19,21). The normalized spacial score (nSPS) is 11.4. The van der Waals surface area contributed by atoms with E-state index in [2.05, 4.69) is 5.32 Å². The number of nitriles is 1. The van der Waals surface area contributed by atoms with Crippen LogP contribution in [0.4, 0.5) is 5.69 Å². The smallest absolute Gasteiger partial charge is 0.269 e. The minimum Gasteiger partial charge on any atom is -0.495 e. The maximum absolute atomic E-state index is 12.5. The van der Waals surface area contributed by atoms with Gasteiger partial charge in [-0.05, 0) is 38.1 Å². The molecule has 2 rings (SSSR count). The highest BCUT2D eigenvalue weighted by Crippen LogP contribution is 2.24. The Morgan fingerprint density at radius 3 is 2.65 bits per heavy atom. The Balaban J connectivity index is 2.35. The molecule has 2 aromatic rings. The predicted octanol–water partition coefficient (Wildman–Crippen LogP) is 2.24. The molecule has 6 nitrogen and oxygen atoms in total. The minimum atomic E-state index is -0.763. The van der Waals surface area contributed by atoms with Gasteiger partial charge in [0.05, 0.1) is 12.8 Å². The number of nitrogens with zero attached hydrogens (tertiary/aromatic N) is 2. The molecular weight excluding hydrogens is 294 g/mol. The number of para-hydroxylation sites is 2. The van der Waals surface area contributed by atoms with Gasteiger partial charge in [0.1, 0.15) is 23.4 Å². The molecule has 0 spiro atoms. The zero-order valence-electron chi connectivity index (χ0n) is 13.2. The highest BCUT2D eigenvalue weighted by molar-refractivity contribution is 5.94. The average Bonchev–Trinajstić information content (AvgIpc) is 2.55. The summed E-state index contributed by atoms with van der Waals surface area (Å²) in [6, 6.07) is 11.2. The van der Waals surface area contributed by atoms with Crippen LogP contribution >= 0.6 is 0 Å². The van der Waals surface area contributed by atoms with E-state index in [0.717, 1.165) is 0 Å². The van der Waals surface area contributed by atoms with Gasteiger partial charge in [-0.2, -0.15) is 5.26 Å². The van der Waals surface area contributed by atoms with E-state index in [1.807, 2.05) is 6.07 Å². The zero-order valence-corrected chi connectivity index (χ0v) is 13.2. The van der Waals surface area contributed by atoms with Crippen LogP contribution in [0.25, 0.3) is 0 Å². The third kappa shape index (κ3) is 3.24. The highest BCUT2D eigenvalue weighted by Gasteiger charge is 2.20. The second-order valence-corrected chi connectivity index (χ2v) is 5.04. The third-order valence-corrected chi connectivity index (χ3v) is 3.57. The van der Waals surface area contributed by atoms with Crippen molar-refractivity contribution in [2.45, 2.75) is 19.9 Å². The van der Waals surface area contributed by atoms with Gasteiger partial charge in [-0.1, -0.05) is 12.1 Å². The summed E-state index contributed by atoms with van der Waals surface area (Å²) in [6.45, 7) is 3.33. The Morgan fingerprint density at radius 1 is 1.30 bits per heavy atom. The van der Waals surface area contributed by atoms with Crippen LogP contribution in [0.5, 0.6) is 5.75 Å². The van der Waals surface area contributed by atoms with Crippen molar-refractivity contribution >= 4 is 11.6 Å². The summed E-state index contributed by atoms with van der Waals surface area (Å²) in [5, 5.41) is 11.7. The molecule has 0 aliphatic heterocycles. The molecule has 0 aliphatic rings. The topological polar surface area (TPSA) is 84.1 Å². The molecule has 0 saturated heterocycles. The van der Waals surface area contributed by atoms with Crippen molar-refractivity contribution in [3.05, 3.63) is 58.0 Å². The van der Waals surface area contributed by atoms with Crippen molar-refractivity contribution in [1.29, 1.82) is 5.26 Å². The van der Waals surface area contributed by atoms with Gasteiger partial charge >= 0.3 is 0 Å². The fraction of sp³-hybridized carbons (Fsp3) is 0.235. The van der Waals surface area contributed by atoms with E-state index in [0.29, 0.717) is 17.1 Å². The molecule has 1 N–H and O–H groups in total. The summed E-state index contributed by atoms with van der Waals surface area (Å²) in [5.74, 6) is 0.165. The van der Waals surface area contributed by atoms with Crippen molar-refractivity contribution in [1.82, 2.24) is 4.57 Å². The number of anilines is 1. The second-order valence-electron chi connectivity index (χ2n) is 5.04. The van der Waals surface area contributed by atoms with Crippen LogP contribution in [-0.2, 0) is 4.79 Å². The molecule has 0 bridgehead atoms. The molecule has 118 valence electrons. The van der Waals surface area contributed by atoms with E-state index in [-0.39, 0.29) is 11.5 Å². The van der Waals surface area contributed by atoms with Crippen LogP contribution in [0.2, 0.25) is 0 Å². The maximum Gasteiger partial charge on any atom is 0.269 e.